The van der Waals surface area contributed by atoms with Crippen LogP contribution in [0.15, 0.2) is 97.1 Å². The third-order valence-corrected chi connectivity index (χ3v) is 6.96. The van der Waals surface area contributed by atoms with E-state index >= 15 is 0 Å². The van der Waals surface area contributed by atoms with Crippen molar-refractivity contribution in [1.29, 1.82) is 0 Å². The molecule has 8 heteroatoms. The highest BCUT2D eigenvalue weighted by atomic mass is 35.5. The first kappa shape index (κ1) is 27.1. The molecule has 1 atom stereocenters. The van der Waals surface area contributed by atoms with Crippen LogP contribution in [0.1, 0.15) is 22.7 Å². The minimum atomic E-state index is -0.949. The van der Waals surface area contributed by atoms with Gasteiger partial charge in [0.05, 0.1) is 6.42 Å². The van der Waals surface area contributed by atoms with Gasteiger partial charge in [0.15, 0.2) is 11.5 Å². The normalized spacial score (nSPS) is 12.5. The van der Waals surface area contributed by atoms with Crippen molar-refractivity contribution in [3.05, 3.63) is 119 Å². The molecule has 1 unspecified atom stereocenters. The lowest BCUT2D eigenvalue weighted by atomic mass is 10.0. The Morgan fingerprint density at radius 1 is 0.850 bits per heavy atom. The SMILES string of the molecule is CN(C)c1ccc(NC(=O)C(c2ccc3c(c2)OCO3)N(Cc2ccc(Cl)cc2)C(=O)Cc2ccccc2)cc1. The number of halogens is 1. The summed E-state index contributed by atoms with van der Waals surface area (Å²) in [5, 5.41) is 3.62. The first-order valence-electron chi connectivity index (χ1n) is 12.9. The van der Waals surface area contributed by atoms with E-state index in [2.05, 4.69) is 5.32 Å². The van der Waals surface area contributed by atoms with Gasteiger partial charge in [-0.3, -0.25) is 9.59 Å². The summed E-state index contributed by atoms with van der Waals surface area (Å²) in [5.74, 6) is 0.600. The molecule has 0 radical (unpaired) electrons. The van der Waals surface area contributed by atoms with E-state index in [1.54, 1.807) is 35.2 Å². The molecule has 0 aliphatic carbocycles. The Labute approximate surface area is 238 Å². The Morgan fingerprint density at radius 2 is 1.55 bits per heavy atom. The molecule has 0 bridgehead atoms. The summed E-state index contributed by atoms with van der Waals surface area (Å²) < 4.78 is 11.1. The molecule has 40 heavy (non-hydrogen) atoms. The monoisotopic (exact) mass is 555 g/mol. The largest absolute Gasteiger partial charge is 0.454 e. The molecule has 7 nitrogen and oxygen atoms in total. The van der Waals surface area contributed by atoms with Gasteiger partial charge in [-0.25, -0.2) is 0 Å². The smallest absolute Gasteiger partial charge is 0.251 e. The van der Waals surface area contributed by atoms with E-state index < -0.39 is 6.04 Å². The molecule has 0 saturated carbocycles. The van der Waals surface area contributed by atoms with Gasteiger partial charge < -0.3 is 24.6 Å². The van der Waals surface area contributed by atoms with E-state index in [4.69, 9.17) is 21.1 Å². The minimum absolute atomic E-state index is 0.106. The predicted molar refractivity (Wildman–Crippen MR) is 157 cm³/mol. The van der Waals surface area contributed by atoms with Gasteiger partial charge in [0.2, 0.25) is 12.7 Å². The van der Waals surface area contributed by atoms with Crippen LogP contribution in [0.4, 0.5) is 11.4 Å². The number of hydrogen-bond acceptors (Lipinski definition) is 5. The highest BCUT2D eigenvalue weighted by molar-refractivity contribution is 6.30. The second-order valence-corrected chi connectivity index (χ2v) is 10.2. The van der Waals surface area contributed by atoms with Crippen LogP contribution >= 0.6 is 11.6 Å². The molecule has 4 aromatic rings. The zero-order chi connectivity index (χ0) is 28.1. The fraction of sp³-hybridized carbons (Fsp3) is 0.188. The number of benzene rings is 4. The van der Waals surface area contributed by atoms with E-state index in [1.807, 2.05) is 85.7 Å². The summed E-state index contributed by atoms with van der Waals surface area (Å²) in [7, 11) is 3.91. The predicted octanol–water partition coefficient (Wildman–Crippen LogP) is 6.09. The number of fused-ring (bicyclic) bond motifs is 1. The molecule has 0 spiro atoms. The van der Waals surface area contributed by atoms with Crippen LogP contribution in [-0.2, 0) is 22.6 Å². The molecule has 5 rings (SSSR count). The zero-order valence-corrected chi connectivity index (χ0v) is 23.1. The molecule has 1 aliphatic rings. The number of anilines is 2. The highest BCUT2D eigenvalue weighted by Gasteiger charge is 2.33. The maximum atomic E-state index is 14.1. The van der Waals surface area contributed by atoms with Crippen LogP contribution < -0.4 is 19.7 Å². The van der Waals surface area contributed by atoms with Crippen molar-refractivity contribution in [2.45, 2.75) is 19.0 Å². The van der Waals surface area contributed by atoms with E-state index in [0.717, 1.165) is 16.8 Å². The van der Waals surface area contributed by atoms with Crippen LogP contribution in [0.2, 0.25) is 5.02 Å². The lowest BCUT2D eigenvalue weighted by Crippen LogP contribution is -2.41. The van der Waals surface area contributed by atoms with Crippen molar-refractivity contribution in [2.75, 3.05) is 31.1 Å². The first-order chi connectivity index (χ1) is 19.4. The van der Waals surface area contributed by atoms with Crippen LogP contribution in [0, 0.1) is 0 Å². The second kappa shape index (κ2) is 12.1. The molecular formula is C32H30ClN3O4. The summed E-state index contributed by atoms with van der Waals surface area (Å²) >= 11 is 6.13. The highest BCUT2D eigenvalue weighted by Crippen LogP contribution is 2.37. The number of nitrogens with one attached hydrogen (secondary N) is 1. The third kappa shape index (κ3) is 6.38. The van der Waals surface area contributed by atoms with Crippen LogP contribution in [0.25, 0.3) is 0 Å². The van der Waals surface area contributed by atoms with Gasteiger partial charge in [0.25, 0.3) is 5.91 Å². The van der Waals surface area contributed by atoms with Gasteiger partial charge in [-0.05, 0) is 65.2 Å². The van der Waals surface area contributed by atoms with Crippen molar-refractivity contribution in [2.24, 2.45) is 0 Å². The Morgan fingerprint density at radius 3 is 2.25 bits per heavy atom. The first-order valence-corrected chi connectivity index (χ1v) is 13.3. The van der Waals surface area contributed by atoms with Crippen molar-refractivity contribution in [3.8, 4) is 11.5 Å². The number of hydrogen-bond donors (Lipinski definition) is 1. The Kier molecular flexibility index (Phi) is 8.22. The summed E-state index contributed by atoms with van der Waals surface area (Å²) in [6.07, 6.45) is 0.139. The summed E-state index contributed by atoms with van der Waals surface area (Å²) in [6.45, 7) is 0.310. The average Bonchev–Trinajstić information content (AvgIpc) is 3.43. The molecular weight excluding hydrogens is 526 g/mol. The number of nitrogens with zero attached hydrogens (tertiary/aromatic N) is 2. The van der Waals surface area contributed by atoms with Crippen LogP contribution in [0.3, 0.4) is 0 Å². The zero-order valence-electron chi connectivity index (χ0n) is 22.3. The number of ether oxygens (including phenoxy) is 2. The van der Waals surface area contributed by atoms with Gasteiger partial charge in [0.1, 0.15) is 6.04 Å². The van der Waals surface area contributed by atoms with Gasteiger partial charge in [0, 0.05) is 37.0 Å². The summed E-state index contributed by atoms with van der Waals surface area (Å²) in [6, 6.07) is 28.7. The standard InChI is InChI=1S/C32H30ClN3O4/c1-35(2)27-15-13-26(14-16-27)34-32(38)31(24-10-17-28-29(19-24)40-21-39-28)36(20-23-8-11-25(33)12-9-23)30(37)18-22-6-4-3-5-7-22/h3-17,19,31H,18,20-21H2,1-2H3,(H,34,38). The van der Waals surface area contributed by atoms with E-state index in [-0.39, 0.29) is 31.6 Å². The Bertz CT molecular complexity index is 1470. The van der Waals surface area contributed by atoms with Crippen molar-refractivity contribution in [3.63, 3.8) is 0 Å². The van der Waals surface area contributed by atoms with Crippen molar-refractivity contribution in [1.82, 2.24) is 4.90 Å². The quantitative estimate of drug-likeness (QED) is 0.271. The number of carbonyl (C=O) groups excluding carboxylic acids is 2. The van der Waals surface area contributed by atoms with Crippen molar-refractivity contribution < 1.29 is 19.1 Å². The average molecular weight is 556 g/mol. The fourth-order valence-corrected chi connectivity index (χ4v) is 4.72. The van der Waals surface area contributed by atoms with Gasteiger partial charge in [-0.15, -0.1) is 0 Å². The van der Waals surface area contributed by atoms with Gasteiger partial charge in [-0.2, -0.15) is 0 Å². The molecule has 1 aliphatic heterocycles. The topological polar surface area (TPSA) is 71.1 Å². The van der Waals surface area contributed by atoms with Crippen LogP contribution in [-0.4, -0.2) is 37.6 Å². The maximum absolute atomic E-state index is 14.1. The molecule has 0 aromatic heterocycles. The molecule has 2 amide bonds. The van der Waals surface area contributed by atoms with E-state index in [0.29, 0.717) is 27.8 Å². The number of carbonyl (C=O) groups is 2. The Hall–Kier alpha value is -4.49. The number of amides is 2. The second-order valence-electron chi connectivity index (χ2n) is 9.76. The van der Waals surface area contributed by atoms with Crippen molar-refractivity contribution >= 4 is 34.8 Å². The van der Waals surface area contributed by atoms with E-state index in [1.165, 1.54) is 0 Å². The lowest BCUT2D eigenvalue weighted by molar-refractivity contribution is -0.139. The molecule has 0 fully saturated rings. The summed E-state index contributed by atoms with van der Waals surface area (Å²) in [5.41, 5.74) is 3.95. The Balaban J connectivity index is 1.53. The van der Waals surface area contributed by atoms with Gasteiger partial charge in [-0.1, -0.05) is 60.1 Å². The lowest BCUT2D eigenvalue weighted by Gasteiger charge is -2.32. The van der Waals surface area contributed by atoms with Gasteiger partial charge >= 0.3 is 0 Å². The van der Waals surface area contributed by atoms with E-state index in [9.17, 15) is 9.59 Å². The molecule has 1 N–H and O–H groups in total. The maximum Gasteiger partial charge on any atom is 0.251 e. The molecule has 4 aromatic carbocycles. The minimum Gasteiger partial charge on any atom is -0.454 e. The van der Waals surface area contributed by atoms with Crippen LogP contribution in [0.5, 0.6) is 11.5 Å². The summed E-state index contributed by atoms with van der Waals surface area (Å²) in [4.78, 5) is 31.6. The molecule has 204 valence electrons. The molecule has 1 heterocycles. The fourth-order valence-electron chi connectivity index (χ4n) is 4.59. The third-order valence-electron chi connectivity index (χ3n) is 6.71. The molecule has 0 saturated heterocycles. The number of rotatable bonds is 9.